The van der Waals surface area contributed by atoms with E-state index in [0.29, 0.717) is 23.9 Å². The summed E-state index contributed by atoms with van der Waals surface area (Å²) >= 11 is 0. The van der Waals surface area contributed by atoms with E-state index in [1.165, 1.54) is 0 Å². The molecule has 0 aromatic heterocycles. The highest BCUT2D eigenvalue weighted by Gasteiger charge is 2.10. The summed E-state index contributed by atoms with van der Waals surface area (Å²) in [5.74, 6) is 1.29. The quantitative estimate of drug-likeness (QED) is 0.724. The summed E-state index contributed by atoms with van der Waals surface area (Å²) < 4.78 is 5.50. The Balaban J connectivity index is 2.30. The highest BCUT2D eigenvalue weighted by molar-refractivity contribution is 5.43. The standard InChI is InChI=1S/C14H24N2O2/c1-11(2)8-16(3)9-13(17)10-18-14-6-4-5-12(15)7-14/h4-7,11,13,17H,8-10,15H2,1-3H3. The number of anilines is 1. The highest BCUT2D eigenvalue weighted by Crippen LogP contribution is 2.14. The average Bonchev–Trinajstić information content (AvgIpc) is 2.25. The number of nitrogens with two attached hydrogens (primary N) is 1. The number of aliphatic hydroxyl groups excluding tert-OH is 1. The van der Waals surface area contributed by atoms with E-state index in [-0.39, 0.29) is 6.61 Å². The molecular weight excluding hydrogens is 228 g/mol. The fourth-order valence-corrected chi connectivity index (χ4v) is 1.91. The van der Waals surface area contributed by atoms with E-state index in [1.54, 1.807) is 12.1 Å². The number of rotatable bonds is 7. The van der Waals surface area contributed by atoms with Gasteiger partial charge in [-0.05, 0) is 25.1 Å². The van der Waals surface area contributed by atoms with Crippen molar-refractivity contribution >= 4 is 5.69 Å². The van der Waals surface area contributed by atoms with Gasteiger partial charge in [-0.3, -0.25) is 0 Å². The van der Waals surface area contributed by atoms with Crippen LogP contribution in [0.4, 0.5) is 5.69 Å². The molecule has 0 saturated heterocycles. The molecule has 0 aliphatic carbocycles. The van der Waals surface area contributed by atoms with Crippen molar-refractivity contribution in [3.63, 3.8) is 0 Å². The van der Waals surface area contributed by atoms with Crippen molar-refractivity contribution in [1.82, 2.24) is 4.90 Å². The number of ether oxygens (including phenoxy) is 1. The third kappa shape index (κ3) is 5.89. The monoisotopic (exact) mass is 252 g/mol. The summed E-state index contributed by atoms with van der Waals surface area (Å²) in [4.78, 5) is 2.11. The van der Waals surface area contributed by atoms with E-state index < -0.39 is 6.10 Å². The average molecular weight is 252 g/mol. The van der Waals surface area contributed by atoms with Gasteiger partial charge in [-0.25, -0.2) is 0 Å². The Morgan fingerprint density at radius 3 is 2.67 bits per heavy atom. The predicted molar refractivity (Wildman–Crippen MR) is 74.7 cm³/mol. The van der Waals surface area contributed by atoms with Crippen LogP contribution in [0, 0.1) is 5.92 Å². The van der Waals surface area contributed by atoms with Crippen molar-refractivity contribution < 1.29 is 9.84 Å². The van der Waals surface area contributed by atoms with Gasteiger partial charge >= 0.3 is 0 Å². The second kappa shape index (κ2) is 7.24. The van der Waals surface area contributed by atoms with Crippen LogP contribution in [0.3, 0.4) is 0 Å². The van der Waals surface area contributed by atoms with Gasteiger partial charge in [-0.2, -0.15) is 0 Å². The normalized spacial score (nSPS) is 13.0. The van der Waals surface area contributed by atoms with Gasteiger partial charge in [0.1, 0.15) is 18.5 Å². The Morgan fingerprint density at radius 1 is 1.33 bits per heavy atom. The van der Waals surface area contributed by atoms with E-state index >= 15 is 0 Å². The van der Waals surface area contributed by atoms with E-state index in [2.05, 4.69) is 18.7 Å². The van der Waals surface area contributed by atoms with Gasteiger partial charge in [-0.15, -0.1) is 0 Å². The van der Waals surface area contributed by atoms with Crippen LogP contribution in [0.1, 0.15) is 13.8 Å². The maximum atomic E-state index is 9.87. The van der Waals surface area contributed by atoms with E-state index in [1.807, 2.05) is 19.2 Å². The molecule has 1 atom stereocenters. The van der Waals surface area contributed by atoms with Crippen LogP contribution in [-0.2, 0) is 0 Å². The summed E-state index contributed by atoms with van der Waals surface area (Å²) in [6, 6.07) is 7.23. The first-order chi connectivity index (χ1) is 8.47. The zero-order chi connectivity index (χ0) is 13.5. The summed E-state index contributed by atoms with van der Waals surface area (Å²) in [7, 11) is 2.00. The Labute approximate surface area is 109 Å². The number of hydrogen-bond donors (Lipinski definition) is 2. The molecule has 1 rings (SSSR count). The highest BCUT2D eigenvalue weighted by atomic mass is 16.5. The smallest absolute Gasteiger partial charge is 0.121 e. The SMILES string of the molecule is CC(C)CN(C)CC(O)COc1cccc(N)c1. The molecule has 1 aromatic rings. The fraction of sp³-hybridized carbons (Fsp3) is 0.571. The molecule has 102 valence electrons. The Bertz CT molecular complexity index is 355. The molecule has 4 nitrogen and oxygen atoms in total. The van der Waals surface area contributed by atoms with Crippen LogP contribution >= 0.6 is 0 Å². The zero-order valence-electron chi connectivity index (χ0n) is 11.5. The number of benzene rings is 1. The van der Waals surface area contributed by atoms with Crippen LogP contribution < -0.4 is 10.5 Å². The maximum absolute atomic E-state index is 9.87. The van der Waals surface area contributed by atoms with Crippen LogP contribution in [0.25, 0.3) is 0 Å². The lowest BCUT2D eigenvalue weighted by Crippen LogP contribution is -2.35. The van der Waals surface area contributed by atoms with Gasteiger partial charge < -0.3 is 20.5 Å². The first-order valence-electron chi connectivity index (χ1n) is 6.32. The molecule has 0 fully saturated rings. The van der Waals surface area contributed by atoms with Crippen molar-refractivity contribution in [2.75, 3.05) is 32.5 Å². The molecule has 0 bridgehead atoms. The van der Waals surface area contributed by atoms with Crippen LogP contribution in [0.2, 0.25) is 0 Å². The van der Waals surface area contributed by atoms with Crippen LogP contribution in [0.15, 0.2) is 24.3 Å². The lowest BCUT2D eigenvalue weighted by molar-refractivity contribution is 0.0733. The third-order valence-electron chi connectivity index (χ3n) is 2.50. The molecule has 0 aliphatic rings. The lowest BCUT2D eigenvalue weighted by Gasteiger charge is -2.22. The molecule has 0 saturated carbocycles. The molecule has 0 amide bonds. The van der Waals surface area contributed by atoms with Gasteiger partial charge in [0.15, 0.2) is 0 Å². The molecule has 1 aromatic carbocycles. The van der Waals surface area contributed by atoms with Crippen LogP contribution in [0.5, 0.6) is 5.75 Å². The predicted octanol–water partition coefficient (Wildman–Crippen LogP) is 1.60. The second-order valence-corrected chi connectivity index (χ2v) is 5.15. The summed E-state index contributed by atoms with van der Waals surface area (Å²) in [5.41, 5.74) is 6.32. The number of likely N-dealkylation sites (N-methyl/N-ethyl adjacent to an activating group) is 1. The molecular formula is C14H24N2O2. The number of nitrogens with zero attached hydrogens (tertiary/aromatic N) is 1. The van der Waals surface area contributed by atoms with Crippen molar-refractivity contribution in [3.8, 4) is 5.75 Å². The zero-order valence-corrected chi connectivity index (χ0v) is 11.5. The lowest BCUT2D eigenvalue weighted by atomic mass is 10.2. The van der Waals surface area contributed by atoms with Crippen molar-refractivity contribution in [3.05, 3.63) is 24.3 Å². The molecule has 0 heterocycles. The summed E-state index contributed by atoms with van der Waals surface area (Å²) in [6.07, 6.45) is -0.491. The van der Waals surface area contributed by atoms with Gasteiger partial charge in [0.2, 0.25) is 0 Å². The third-order valence-corrected chi connectivity index (χ3v) is 2.50. The molecule has 3 N–H and O–H groups in total. The number of hydrogen-bond acceptors (Lipinski definition) is 4. The minimum atomic E-state index is -0.491. The van der Waals surface area contributed by atoms with Gasteiger partial charge in [-0.1, -0.05) is 19.9 Å². The second-order valence-electron chi connectivity index (χ2n) is 5.15. The van der Waals surface area contributed by atoms with Crippen molar-refractivity contribution in [2.24, 2.45) is 5.92 Å². The number of aliphatic hydroxyl groups is 1. The first kappa shape index (κ1) is 14.8. The molecule has 18 heavy (non-hydrogen) atoms. The molecule has 0 spiro atoms. The van der Waals surface area contributed by atoms with Gasteiger partial charge in [0, 0.05) is 24.8 Å². The van der Waals surface area contributed by atoms with E-state index in [0.717, 1.165) is 6.54 Å². The molecule has 0 aliphatic heterocycles. The largest absolute Gasteiger partial charge is 0.491 e. The Morgan fingerprint density at radius 2 is 2.06 bits per heavy atom. The molecule has 4 heteroatoms. The van der Waals surface area contributed by atoms with Crippen molar-refractivity contribution in [2.45, 2.75) is 20.0 Å². The van der Waals surface area contributed by atoms with Crippen molar-refractivity contribution in [1.29, 1.82) is 0 Å². The van der Waals surface area contributed by atoms with E-state index in [4.69, 9.17) is 10.5 Å². The number of nitrogen functional groups attached to an aromatic ring is 1. The van der Waals surface area contributed by atoms with Crippen LogP contribution in [-0.4, -0.2) is 42.9 Å². The summed E-state index contributed by atoms with van der Waals surface area (Å²) in [5, 5.41) is 9.87. The first-order valence-corrected chi connectivity index (χ1v) is 6.32. The fourth-order valence-electron chi connectivity index (χ4n) is 1.91. The maximum Gasteiger partial charge on any atom is 0.121 e. The minimum absolute atomic E-state index is 0.284. The minimum Gasteiger partial charge on any atom is -0.491 e. The van der Waals surface area contributed by atoms with Gasteiger partial charge in [0.25, 0.3) is 0 Å². The summed E-state index contributed by atoms with van der Waals surface area (Å²) in [6.45, 7) is 6.18. The topological polar surface area (TPSA) is 58.7 Å². The van der Waals surface area contributed by atoms with E-state index in [9.17, 15) is 5.11 Å². The Kier molecular flexibility index (Phi) is 5.95. The molecule has 0 radical (unpaired) electrons. The van der Waals surface area contributed by atoms with Gasteiger partial charge in [0.05, 0.1) is 0 Å². The Hall–Kier alpha value is -1.26. The molecule has 1 unspecified atom stereocenters.